The van der Waals surface area contributed by atoms with Gasteiger partial charge >= 0.3 is 0 Å². The number of para-hydroxylation sites is 1. The number of hydrogen-bond donors (Lipinski definition) is 2. The SMILES string of the molecule is O=C(CN1CCN(S(=O)(=O)C=Cc2ccccc2)CC1)Nc1ccccc1C(=O)NC1CCCC1. The second kappa shape index (κ2) is 11.6. The van der Waals surface area contributed by atoms with Crippen LogP contribution in [0, 0.1) is 0 Å². The molecule has 1 aliphatic carbocycles. The van der Waals surface area contributed by atoms with E-state index >= 15 is 0 Å². The van der Waals surface area contributed by atoms with E-state index in [0.29, 0.717) is 37.4 Å². The molecule has 0 unspecified atom stereocenters. The van der Waals surface area contributed by atoms with Gasteiger partial charge in [-0.15, -0.1) is 0 Å². The van der Waals surface area contributed by atoms with E-state index in [9.17, 15) is 18.0 Å². The van der Waals surface area contributed by atoms with Crippen molar-refractivity contribution < 1.29 is 18.0 Å². The second-order valence-corrected chi connectivity index (χ2v) is 10.8. The van der Waals surface area contributed by atoms with Gasteiger partial charge in [0.25, 0.3) is 5.91 Å². The first kappa shape index (κ1) is 25.1. The van der Waals surface area contributed by atoms with E-state index in [4.69, 9.17) is 0 Å². The van der Waals surface area contributed by atoms with Crippen LogP contribution < -0.4 is 10.6 Å². The summed E-state index contributed by atoms with van der Waals surface area (Å²) in [5, 5.41) is 7.15. The van der Waals surface area contributed by atoms with Crippen LogP contribution in [0.15, 0.2) is 60.0 Å². The molecule has 0 aromatic heterocycles. The predicted octanol–water partition coefficient (Wildman–Crippen LogP) is 2.92. The number of anilines is 1. The van der Waals surface area contributed by atoms with Crippen LogP contribution >= 0.6 is 0 Å². The van der Waals surface area contributed by atoms with E-state index in [2.05, 4.69) is 10.6 Å². The van der Waals surface area contributed by atoms with E-state index in [0.717, 1.165) is 31.2 Å². The van der Waals surface area contributed by atoms with Crippen LogP contribution in [0.5, 0.6) is 0 Å². The Labute approximate surface area is 207 Å². The minimum Gasteiger partial charge on any atom is -0.349 e. The quantitative estimate of drug-likeness (QED) is 0.586. The van der Waals surface area contributed by atoms with Gasteiger partial charge in [-0.2, -0.15) is 4.31 Å². The summed E-state index contributed by atoms with van der Waals surface area (Å²) >= 11 is 0. The van der Waals surface area contributed by atoms with Crippen molar-refractivity contribution in [3.63, 3.8) is 0 Å². The maximum absolute atomic E-state index is 12.7. The molecule has 1 saturated heterocycles. The Hall–Kier alpha value is -3.01. The van der Waals surface area contributed by atoms with Gasteiger partial charge in [-0.05, 0) is 36.6 Å². The van der Waals surface area contributed by atoms with E-state index in [1.54, 1.807) is 30.3 Å². The van der Waals surface area contributed by atoms with E-state index in [1.165, 1.54) is 9.71 Å². The maximum atomic E-state index is 12.7. The molecule has 2 aliphatic rings. The predicted molar refractivity (Wildman–Crippen MR) is 137 cm³/mol. The number of carbonyl (C=O) groups is 2. The third kappa shape index (κ3) is 7.00. The highest BCUT2D eigenvalue weighted by Gasteiger charge is 2.26. The highest BCUT2D eigenvalue weighted by molar-refractivity contribution is 7.92. The summed E-state index contributed by atoms with van der Waals surface area (Å²) in [4.78, 5) is 27.4. The summed E-state index contributed by atoms with van der Waals surface area (Å²) in [7, 11) is -3.53. The third-order valence-corrected chi connectivity index (χ3v) is 7.99. The molecule has 2 N–H and O–H groups in total. The fourth-order valence-electron chi connectivity index (χ4n) is 4.47. The Kier molecular flexibility index (Phi) is 8.33. The monoisotopic (exact) mass is 496 g/mol. The van der Waals surface area contributed by atoms with Crippen molar-refractivity contribution in [3.8, 4) is 0 Å². The average Bonchev–Trinajstić information content (AvgIpc) is 3.37. The lowest BCUT2D eigenvalue weighted by molar-refractivity contribution is -0.117. The first-order valence-corrected chi connectivity index (χ1v) is 13.6. The standard InChI is InChI=1S/C26H32N4O4S/c31-25(28-24-13-7-6-12-23(24)26(32)27-22-10-4-5-11-22)20-29-15-17-30(18-16-29)35(33,34)19-14-21-8-2-1-3-9-21/h1-3,6-9,12-14,19,22H,4-5,10-11,15-18,20H2,(H,27,32)(H,28,31). The normalized spacial score (nSPS) is 18.1. The lowest BCUT2D eigenvalue weighted by Crippen LogP contribution is -2.50. The minimum atomic E-state index is -3.53. The van der Waals surface area contributed by atoms with Gasteiger partial charge in [-0.3, -0.25) is 14.5 Å². The zero-order chi connectivity index (χ0) is 24.7. The van der Waals surface area contributed by atoms with Gasteiger partial charge in [0.05, 0.1) is 17.8 Å². The van der Waals surface area contributed by atoms with Crippen LogP contribution in [0.1, 0.15) is 41.6 Å². The number of sulfonamides is 1. The summed E-state index contributed by atoms with van der Waals surface area (Å²) in [5.41, 5.74) is 1.76. The molecule has 4 rings (SSSR count). The zero-order valence-electron chi connectivity index (χ0n) is 19.7. The summed E-state index contributed by atoms with van der Waals surface area (Å²) < 4.78 is 26.7. The lowest BCUT2D eigenvalue weighted by Gasteiger charge is -2.32. The minimum absolute atomic E-state index is 0.131. The van der Waals surface area contributed by atoms with Crippen molar-refractivity contribution in [1.82, 2.24) is 14.5 Å². The fourth-order valence-corrected chi connectivity index (χ4v) is 5.65. The summed E-state index contributed by atoms with van der Waals surface area (Å²) in [6, 6.07) is 16.5. The first-order valence-electron chi connectivity index (χ1n) is 12.1. The molecule has 8 nitrogen and oxygen atoms in total. The number of hydrogen-bond acceptors (Lipinski definition) is 5. The Bertz CT molecular complexity index is 1150. The van der Waals surface area contributed by atoms with E-state index < -0.39 is 10.0 Å². The molecule has 2 amide bonds. The van der Waals surface area contributed by atoms with Crippen LogP contribution in [-0.2, 0) is 14.8 Å². The summed E-state index contributed by atoms with van der Waals surface area (Å²) in [6.07, 6.45) is 5.83. The topological polar surface area (TPSA) is 98.8 Å². The molecule has 0 atom stereocenters. The van der Waals surface area contributed by atoms with Crippen LogP contribution in [-0.4, -0.2) is 68.2 Å². The van der Waals surface area contributed by atoms with Crippen molar-refractivity contribution >= 4 is 33.6 Å². The molecular weight excluding hydrogens is 464 g/mol. The highest BCUT2D eigenvalue weighted by atomic mass is 32.2. The number of benzene rings is 2. The summed E-state index contributed by atoms with van der Waals surface area (Å²) in [6.45, 7) is 1.67. The van der Waals surface area contributed by atoms with Crippen LogP contribution in [0.25, 0.3) is 6.08 Å². The molecule has 0 radical (unpaired) electrons. The smallest absolute Gasteiger partial charge is 0.253 e. The largest absolute Gasteiger partial charge is 0.349 e. The molecular formula is C26H32N4O4S. The van der Waals surface area contributed by atoms with Crippen LogP contribution in [0.4, 0.5) is 5.69 Å². The van der Waals surface area contributed by atoms with E-state index in [1.807, 2.05) is 35.2 Å². The molecule has 186 valence electrons. The van der Waals surface area contributed by atoms with Gasteiger partial charge in [0, 0.05) is 37.6 Å². The van der Waals surface area contributed by atoms with Gasteiger partial charge in [-0.25, -0.2) is 8.42 Å². The Morgan fingerprint density at radius 1 is 0.914 bits per heavy atom. The zero-order valence-corrected chi connectivity index (χ0v) is 20.5. The highest BCUT2D eigenvalue weighted by Crippen LogP contribution is 2.20. The number of nitrogens with one attached hydrogen (secondary N) is 2. The molecule has 1 aliphatic heterocycles. The fraction of sp³-hybridized carbons (Fsp3) is 0.385. The average molecular weight is 497 g/mol. The van der Waals surface area contributed by atoms with Gasteiger partial charge in [0.2, 0.25) is 15.9 Å². The van der Waals surface area contributed by atoms with Crippen molar-refractivity contribution in [3.05, 3.63) is 71.1 Å². The second-order valence-electron chi connectivity index (χ2n) is 8.98. The van der Waals surface area contributed by atoms with Gasteiger partial charge in [0.1, 0.15) is 0 Å². The molecule has 2 aromatic carbocycles. The molecule has 1 saturated carbocycles. The van der Waals surface area contributed by atoms with Gasteiger partial charge in [0.15, 0.2) is 0 Å². The van der Waals surface area contributed by atoms with Crippen molar-refractivity contribution in [2.24, 2.45) is 0 Å². The lowest BCUT2D eigenvalue weighted by atomic mass is 10.1. The van der Waals surface area contributed by atoms with Crippen molar-refractivity contribution in [1.29, 1.82) is 0 Å². The summed E-state index contributed by atoms with van der Waals surface area (Å²) in [5.74, 6) is -0.401. The molecule has 0 bridgehead atoms. The third-order valence-electron chi connectivity index (χ3n) is 6.43. The van der Waals surface area contributed by atoms with E-state index in [-0.39, 0.29) is 24.4 Å². The Morgan fingerprint density at radius 2 is 1.57 bits per heavy atom. The molecule has 0 spiro atoms. The van der Waals surface area contributed by atoms with Crippen LogP contribution in [0.3, 0.4) is 0 Å². The molecule has 2 fully saturated rings. The first-order chi connectivity index (χ1) is 16.9. The molecule has 35 heavy (non-hydrogen) atoms. The number of rotatable bonds is 8. The number of amides is 2. The number of nitrogens with zero attached hydrogens (tertiary/aromatic N) is 2. The van der Waals surface area contributed by atoms with Gasteiger partial charge in [-0.1, -0.05) is 55.3 Å². The molecule has 9 heteroatoms. The van der Waals surface area contributed by atoms with Gasteiger partial charge < -0.3 is 10.6 Å². The number of carbonyl (C=O) groups excluding carboxylic acids is 2. The Morgan fingerprint density at radius 3 is 2.29 bits per heavy atom. The van der Waals surface area contributed by atoms with Crippen LogP contribution in [0.2, 0.25) is 0 Å². The number of piperazine rings is 1. The van der Waals surface area contributed by atoms with Crippen molar-refractivity contribution in [2.75, 3.05) is 38.0 Å². The maximum Gasteiger partial charge on any atom is 0.253 e. The molecule has 1 heterocycles. The molecule has 2 aromatic rings. The van der Waals surface area contributed by atoms with Crippen molar-refractivity contribution in [2.45, 2.75) is 31.7 Å². The Balaban J connectivity index is 1.28.